The molecule has 0 fully saturated rings. The molecule has 0 unspecified atom stereocenters. The largest absolute Gasteiger partial charge is 0.299 e. The van der Waals surface area contributed by atoms with E-state index < -0.39 is 0 Å². The van der Waals surface area contributed by atoms with Gasteiger partial charge in [0, 0.05) is 17.8 Å². The molecule has 114 valence electrons. The first-order chi connectivity index (χ1) is 11.1. The summed E-state index contributed by atoms with van der Waals surface area (Å²) in [7, 11) is 2.11. The number of nitrogens with zero attached hydrogens (tertiary/aromatic N) is 3. The van der Waals surface area contributed by atoms with Crippen molar-refractivity contribution in [2.24, 2.45) is 7.05 Å². The molecule has 0 saturated carbocycles. The third-order valence-electron chi connectivity index (χ3n) is 4.74. The highest BCUT2D eigenvalue weighted by molar-refractivity contribution is 5.88. The van der Waals surface area contributed by atoms with Gasteiger partial charge in [-0.15, -0.1) is 0 Å². The van der Waals surface area contributed by atoms with Crippen molar-refractivity contribution in [2.45, 2.75) is 20.8 Å². The van der Waals surface area contributed by atoms with E-state index in [1.54, 1.807) is 0 Å². The van der Waals surface area contributed by atoms with Crippen molar-refractivity contribution in [3.8, 4) is 11.3 Å². The van der Waals surface area contributed by atoms with Gasteiger partial charge < -0.3 is 0 Å². The van der Waals surface area contributed by atoms with Gasteiger partial charge in [0.1, 0.15) is 12.7 Å². The molecule has 3 heteroatoms. The summed E-state index contributed by atoms with van der Waals surface area (Å²) in [6.45, 7) is 6.51. The van der Waals surface area contributed by atoms with Crippen LogP contribution in [0.4, 0.5) is 0 Å². The standard InChI is InChI=1S/C20H20N3/c1-13-11-18(22(4)12-14(13)2)16-8-9-17-20(15(16)3)23-10-6-5-7-19(23)21-17/h5-12H,1-4H3/q+1. The maximum absolute atomic E-state index is 4.72. The fourth-order valence-corrected chi connectivity index (χ4v) is 3.35. The molecule has 0 radical (unpaired) electrons. The molecule has 23 heavy (non-hydrogen) atoms. The highest BCUT2D eigenvalue weighted by Gasteiger charge is 2.17. The van der Waals surface area contributed by atoms with Crippen molar-refractivity contribution in [3.05, 3.63) is 65.5 Å². The summed E-state index contributed by atoms with van der Waals surface area (Å²) in [4.78, 5) is 4.72. The highest BCUT2D eigenvalue weighted by Crippen LogP contribution is 2.29. The topological polar surface area (TPSA) is 21.2 Å². The van der Waals surface area contributed by atoms with Crippen molar-refractivity contribution >= 4 is 16.7 Å². The van der Waals surface area contributed by atoms with Gasteiger partial charge in [0.25, 0.3) is 0 Å². The summed E-state index contributed by atoms with van der Waals surface area (Å²) >= 11 is 0. The van der Waals surface area contributed by atoms with Crippen molar-refractivity contribution in [3.63, 3.8) is 0 Å². The number of aryl methyl sites for hydroxylation is 4. The van der Waals surface area contributed by atoms with E-state index in [1.807, 2.05) is 6.07 Å². The van der Waals surface area contributed by atoms with Crippen LogP contribution >= 0.6 is 0 Å². The normalized spacial score (nSPS) is 11.5. The first-order valence-electron chi connectivity index (χ1n) is 7.90. The van der Waals surface area contributed by atoms with E-state index >= 15 is 0 Å². The number of hydrogen-bond donors (Lipinski definition) is 0. The monoisotopic (exact) mass is 302 g/mol. The van der Waals surface area contributed by atoms with E-state index in [4.69, 9.17) is 4.98 Å². The maximum Gasteiger partial charge on any atom is 0.212 e. The molecular weight excluding hydrogens is 282 g/mol. The van der Waals surface area contributed by atoms with Crippen LogP contribution in [0.15, 0.2) is 48.8 Å². The van der Waals surface area contributed by atoms with Gasteiger partial charge in [0.15, 0.2) is 6.20 Å². The van der Waals surface area contributed by atoms with Crippen LogP contribution in [-0.4, -0.2) is 9.38 Å². The van der Waals surface area contributed by atoms with Crippen LogP contribution in [0.2, 0.25) is 0 Å². The number of pyridine rings is 2. The minimum Gasteiger partial charge on any atom is -0.299 e. The predicted molar refractivity (Wildman–Crippen MR) is 93.5 cm³/mol. The van der Waals surface area contributed by atoms with Gasteiger partial charge in [0.05, 0.1) is 16.6 Å². The zero-order valence-electron chi connectivity index (χ0n) is 14.0. The zero-order valence-corrected chi connectivity index (χ0v) is 14.0. The lowest BCUT2D eigenvalue weighted by atomic mass is 10.0. The summed E-state index contributed by atoms with van der Waals surface area (Å²) in [5.41, 5.74) is 9.61. The number of fused-ring (bicyclic) bond motifs is 3. The second kappa shape index (κ2) is 4.92. The van der Waals surface area contributed by atoms with Gasteiger partial charge in [-0.05, 0) is 56.2 Å². The van der Waals surface area contributed by atoms with E-state index in [1.165, 1.54) is 33.5 Å². The second-order valence-electron chi connectivity index (χ2n) is 6.28. The molecule has 3 aromatic heterocycles. The van der Waals surface area contributed by atoms with Crippen LogP contribution in [0.25, 0.3) is 27.9 Å². The summed E-state index contributed by atoms with van der Waals surface area (Å²) in [5, 5.41) is 0. The highest BCUT2D eigenvalue weighted by atomic mass is 15.0. The lowest BCUT2D eigenvalue weighted by molar-refractivity contribution is -0.660. The first kappa shape index (κ1) is 13.9. The Labute approximate surface area is 135 Å². The van der Waals surface area contributed by atoms with Crippen LogP contribution in [0.3, 0.4) is 0 Å². The van der Waals surface area contributed by atoms with E-state index in [0.717, 1.165) is 11.2 Å². The van der Waals surface area contributed by atoms with E-state index in [9.17, 15) is 0 Å². The Morgan fingerprint density at radius 2 is 1.83 bits per heavy atom. The molecule has 0 amide bonds. The Morgan fingerprint density at radius 3 is 2.65 bits per heavy atom. The Balaban J connectivity index is 2.07. The lowest BCUT2D eigenvalue weighted by Crippen LogP contribution is -2.31. The van der Waals surface area contributed by atoms with E-state index in [2.05, 4.69) is 79.5 Å². The average Bonchev–Trinajstić information content (AvgIpc) is 2.91. The summed E-state index contributed by atoms with van der Waals surface area (Å²) in [5.74, 6) is 0. The molecule has 0 saturated heterocycles. The Kier molecular flexibility index (Phi) is 2.98. The molecule has 0 aliphatic rings. The molecule has 3 nitrogen and oxygen atoms in total. The molecule has 4 rings (SSSR count). The molecule has 4 aromatic rings. The summed E-state index contributed by atoms with van der Waals surface area (Å²) in [6, 6.07) is 12.7. The fourth-order valence-electron chi connectivity index (χ4n) is 3.35. The molecule has 0 aliphatic heterocycles. The second-order valence-corrected chi connectivity index (χ2v) is 6.28. The van der Waals surface area contributed by atoms with Crippen molar-refractivity contribution in [1.82, 2.24) is 9.38 Å². The Bertz CT molecular complexity index is 1060. The van der Waals surface area contributed by atoms with Gasteiger partial charge in [-0.1, -0.05) is 6.07 Å². The van der Waals surface area contributed by atoms with Crippen LogP contribution in [0.1, 0.15) is 16.7 Å². The quantitative estimate of drug-likeness (QED) is 0.489. The molecule has 1 aromatic carbocycles. The van der Waals surface area contributed by atoms with Crippen molar-refractivity contribution in [1.29, 1.82) is 0 Å². The van der Waals surface area contributed by atoms with E-state index in [0.29, 0.717) is 0 Å². The number of rotatable bonds is 1. The number of imidazole rings is 1. The van der Waals surface area contributed by atoms with Crippen molar-refractivity contribution in [2.75, 3.05) is 0 Å². The minimum atomic E-state index is 0.993. The van der Waals surface area contributed by atoms with Gasteiger partial charge in [-0.2, -0.15) is 0 Å². The van der Waals surface area contributed by atoms with Gasteiger partial charge in [-0.25, -0.2) is 9.55 Å². The maximum atomic E-state index is 4.72. The number of hydrogen-bond acceptors (Lipinski definition) is 1. The lowest BCUT2D eigenvalue weighted by Gasteiger charge is -2.08. The SMILES string of the molecule is Cc1cc(-c2ccc3nc4ccccn4c3c2C)[n+](C)cc1C. The number of aromatic nitrogens is 3. The smallest absolute Gasteiger partial charge is 0.212 e. The van der Waals surface area contributed by atoms with E-state index in [-0.39, 0.29) is 0 Å². The minimum absolute atomic E-state index is 0.993. The third kappa shape index (κ3) is 2.04. The summed E-state index contributed by atoms with van der Waals surface area (Å²) in [6.07, 6.45) is 4.28. The number of benzene rings is 1. The molecule has 0 atom stereocenters. The molecule has 3 heterocycles. The third-order valence-corrected chi connectivity index (χ3v) is 4.74. The predicted octanol–water partition coefficient (Wildman–Crippen LogP) is 3.90. The summed E-state index contributed by atoms with van der Waals surface area (Å²) < 4.78 is 4.38. The fraction of sp³-hybridized carbons (Fsp3) is 0.200. The van der Waals surface area contributed by atoms with Crippen LogP contribution in [-0.2, 0) is 7.05 Å². The average molecular weight is 302 g/mol. The van der Waals surface area contributed by atoms with Crippen LogP contribution in [0, 0.1) is 20.8 Å². The molecular formula is C20H20N3+. The van der Waals surface area contributed by atoms with Crippen LogP contribution in [0.5, 0.6) is 0 Å². The zero-order chi connectivity index (χ0) is 16.1. The van der Waals surface area contributed by atoms with Gasteiger partial charge >= 0.3 is 0 Å². The molecule has 0 bridgehead atoms. The van der Waals surface area contributed by atoms with Gasteiger partial charge in [0.2, 0.25) is 5.69 Å². The van der Waals surface area contributed by atoms with Crippen molar-refractivity contribution < 1.29 is 4.57 Å². The van der Waals surface area contributed by atoms with Crippen LogP contribution < -0.4 is 4.57 Å². The Hall–Kier alpha value is -2.68. The van der Waals surface area contributed by atoms with Gasteiger partial charge in [-0.3, -0.25) is 4.40 Å². The molecule has 0 aliphatic carbocycles. The Morgan fingerprint density at radius 1 is 1.00 bits per heavy atom. The molecule has 0 spiro atoms. The first-order valence-corrected chi connectivity index (χ1v) is 7.90. The molecule has 0 N–H and O–H groups in total.